The average Bonchev–Trinajstić information content (AvgIpc) is 3.19. The predicted molar refractivity (Wildman–Crippen MR) is 82.1 cm³/mol. The predicted octanol–water partition coefficient (Wildman–Crippen LogP) is 1.91. The third-order valence-corrected chi connectivity index (χ3v) is 3.02. The van der Waals surface area contributed by atoms with E-state index in [1.807, 2.05) is 0 Å². The maximum atomic E-state index is 12.1. The standard InChI is InChI=1S/C15H13N5O3/c1-20-13(18-15(22)12-5-3-7-23-12)8-11(19-20)14(21)17-10-4-2-6-16-9-10/h2-9H,1H3,(H,17,21)(H,18,22). The lowest BCUT2D eigenvalue weighted by atomic mass is 10.3. The van der Waals surface area contributed by atoms with Crippen molar-refractivity contribution in [3.05, 3.63) is 60.4 Å². The molecule has 2 N–H and O–H groups in total. The fourth-order valence-electron chi connectivity index (χ4n) is 1.91. The fourth-order valence-corrected chi connectivity index (χ4v) is 1.91. The van der Waals surface area contributed by atoms with Crippen LogP contribution in [0.4, 0.5) is 11.5 Å². The Morgan fingerprint density at radius 2 is 2.04 bits per heavy atom. The number of rotatable bonds is 4. The summed E-state index contributed by atoms with van der Waals surface area (Å²) in [5.74, 6) is -0.264. The summed E-state index contributed by atoms with van der Waals surface area (Å²) in [6.45, 7) is 0. The number of hydrogen-bond donors (Lipinski definition) is 2. The highest BCUT2D eigenvalue weighted by atomic mass is 16.3. The number of anilines is 2. The van der Waals surface area contributed by atoms with Crippen LogP contribution in [0.25, 0.3) is 0 Å². The Kier molecular flexibility index (Phi) is 3.88. The van der Waals surface area contributed by atoms with Crippen LogP contribution in [-0.4, -0.2) is 26.6 Å². The van der Waals surface area contributed by atoms with E-state index < -0.39 is 11.8 Å². The van der Waals surface area contributed by atoms with Gasteiger partial charge in [-0.05, 0) is 24.3 Å². The molecule has 0 aliphatic carbocycles. The van der Waals surface area contributed by atoms with Crippen LogP contribution in [0.5, 0.6) is 0 Å². The van der Waals surface area contributed by atoms with Crippen molar-refractivity contribution >= 4 is 23.3 Å². The van der Waals surface area contributed by atoms with Gasteiger partial charge in [0.2, 0.25) is 0 Å². The van der Waals surface area contributed by atoms with E-state index in [-0.39, 0.29) is 11.5 Å². The van der Waals surface area contributed by atoms with Gasteiger partial charge in [-0.3, -0.25) is 19.3 Å². The maximum Gasteiger partial charge on any atom is 0.292 e. The van der Waals surface area contributed by atoms with Crippen molar-refractivity contribution < 1.29 is 14.0 Å². The molecule has 3 aromatic heterocycles. The lowest BCUT2D eigenvalue weighted by Crippen LogP contribution is -2.13. The van der Waals surface area contributed by atoms with Gasteiger partial charge in [-0.25, -0.2) is 0 Å². The molecule has 8 nitrogen and oxygen atoms in total. The number of nitrogens with zero attached hydrogens (tertiary/aromatic N) is 3. The Morgan fingerprint density at radius 1 is 1.17 bits per heavy atom. The zero-order valence-electron chi connectivity index (χ0n) is 12.2. The quantitative estimate of drug-likeness (QED) is 0.766. The lowest BCUT2D eigenvalue weighted by molar-refractivity contribution is 0.0993. The summed E-state index contributed by atoms with van der Waals surface area (Å²) in [6.07, 6.45) is 4.55. The second kappa shape index (κ2) is 6.14. The first-order valence-corrected chi connectivity index (χ1v) is 6.74. The summed E-state index contributed by atoms with van der Waals surface area (Å²) in [5, 5.41) is 9.38. The number of pyridine rings is 1. The minimum Gasteiger partial charge on any atom is -0.459 e. The van der Waals surface area contributed by atoms with E-state index in [1.165, 1.54) is 23.2 Å². The molecule has 0 spiro atoms. The monoisotopic (exact) mass is 311 g/mol. The van der Waals surface area contributed by atoms with Crippen LogP contribution in [-0.2, 0) is 7.05 Å². The highest BCUT2D eigenvalue weighted by molar-refractivity contribution is 6.05. The van der Waals surface area contributed by atoms with E-state index in [0.717, 1.165) is 0 Å². The summed E-state index contributed by atoms with van der Waals surface area (Å²) in [7, 11) is 1.62. The molecule has 0 fully saturated rings. The molecule has 3 rings (SSSR count). The van der Waals surface area contributed by atoms with Gasteiger partial charge in [-0.2, -0.15) is 5.10 Å². The summed E-state index contributed by atoms with van der Waals surface area (Å²) in [6, 6.07) is 8.07. The average molecular weight is 311 g/mol. The minimum atomic E-state index is -0.419. The Morgan fingerprint density at radius 3 is 2.74 bits per heavy atom. The number of amides is 2. The number of furan rings is 1. The maximum absolute atomic E-state index is 12.1. The SMILES string of the molecule is Cn1nc(C(=O)Nc2cccnc2)cc1NC(=O)c1ccco1. The molecule has 3 aromatic rings. The second-order valence-corrected chi connectivity index (χ2v) is 4.67. The Balaban J connectivity index is 1.73. The molecule has 0 aromatic carbocycles. The molecule has 2 amide bonds. The molecular weight excluding hydrogens is 298 g/mol. The number of hydrogen-bond acceptors (Lipinski definition) is 5. The van der Waals surface area contributed by atoms with Crippen LogP contribution in [0.15, 0.2) is 53.4 Å². The van der Waals surface area contributed by atoms with Gasteiger partial charge >= 0.3 is 0 Å². The molecule has 23 heavy (non-hydrogen) atoms. The summed E-state index contributed by atoms with van der Waals surface area (Å²) in [5.41, 5.74) is 0.732. The van der Waals surface area contributed by atoms with E-state index in [1.54, 1.807) is 37.5 Å². The van der Waals surface area contributed by atoms with Gasteiger partial charge in [0, 0.05) is 19.3 Å². The highest BCUT2D eigenvalue weighted by Gasteiger charge is 2.16. The Labute approximate surface area is 131 Å². The highest BCUT2D eigenvalue weighted by Crippen LogP contribution is 2.13. The van der Waals surface area contributed by atoms with Gasteiger partial charge in [-0.15, -0.1) is 0 Å². The van der Waals surface area contributed by atoms with E-state index in [9.17, 15) is 9.59 Å². The molecule has 0 aliphatic rings. The van der Waals surface area contributed by atoms with Gasteiger partial charge in [0.15, 0.2) is 11.5 Å². The number of aryl methyl sites for hydroxylation is 1. The van der Waals surface area contributed by atoms with Crippen molar-refractivity contribution in [3.63, 3.8) is 0 Å². The van der Waals surface area contributed by atoms with Crippen molar-refractivity contribution in [2.75, 3.05) is 10.6 Å². The smallest absolute Gasteiger partial charge is 0.292 e. The molecule has 0 saturated carbocycles. The molecule has 116 valence electrons. The van der Waals surface area contributed by atoms with Crippen molar-refractivity contribution in [1.29, 1.82) is 0 Å². The van der Waals surface area contributed by atoms with Crippen LogP contribution in [0.3, 0.4) is 0 Å². The largest absolute Gasteiger partial charge is 0.459 e. The summed E-state index contributed by atoms with van der Waals surface area (Å²) >= 11 is 0. The number of carbonyl (C=O) groups excluding carboxylic acids is 2. The third-order valence-electron chi connectivity index (χ3n) is 3.02. The molecule has 0 radical (unpaired) electrons. The van der Waals surface area contributed by atoms with E-state index in [2.05, 4.69) is 20.7 Å². The molecule has 0 aliphatic heterocycles. The van der Waals surface area contributed by atoms with E-state index in [4.69, 9.17) is 4.42 Å². The van der Waals surface area contributed by atoms with Gasteiger partial charge < -0.3 is 15.1 Å². The van der Waals surface area contributed by atoms with Crippen LogP contribution < -0.4 is 10.6 Å². The van der Waals surface area contributed by atoms with Gasteiger partial charge in [0.25, 0.3) is 11.8 Å². The Bertz CT molecular complexity index is 824. The molecule has 0 atom stereocenters. The normalized spacial score (nSPS) is 10.3. The molecule has 0 bridgehead atoms. The Hall–Kier alpha value is -3.42. The number of nitrogens with one attached hydrogen (secondary N) is 2. The van der Waals surface area contributed by atoms with Crippen LogP contribution in [0.2, 0.25) is 0 Å². The molecule has 0 unspecified atom stereocenters. The van der Waals surface area contributed by atoms with Crippen LogP contribution in [0, 0.1) is 0 Å². The van der Waals surface area contributed by atoms with Crippen molar-refractivity contribution in [3.8, 4) is 0 Å². The molecule has 0 saturated heterocycles. The topological polar surface area (TPSA) is 102 Å². The lowest BCUT2D eigenvalue weighted by Gasteiger charge is -2.01. The van der Waals surface area contributed by atoms with Crippen molar-refractivity contribution in [2.45, 2.75) is 0 Å². The first-order chi connectivity index (χ1) is 11.1. The molecule has 3 heterocycles. The van der Waals surface area contributed by atoms with Gasteiger partial charge in [0.1, 0.15) is 5.82 Å². The first-order valence-electron chi connectivity index (χ1n) is 6.74. The number of carbonyl (C=O) groups is 2. The zero-order valence-corrected chi connectivity index (χ0v) is 12.2. The molecular formula is C15H13N5O3. The van der Waals surface area contributed by atoms with Crippen LogP contribution >= 0.6 is 0 Å². The van der Waals surface area contributed by atoms with Crippen LogP contribution in [0.1, 0.15) is 21.0 Å². The van der Waals surface area contributed by atoms with E-state index in [0.29, 0.717) is 11.5 Å². The fraction of sp³-hybridized carbons (Fsp3) is 0.0667. The minimum absolute atomic E-state index is 0.172. The van der Waals surface area contributed by atoms with Gasteiger partial charge in [-0.1, -0.05) is 0 Å². The first kappa shape index (κ1) is 14.5. The van der Waals surface area contributed by atoms with Crippen molar-refractivity contribution in [2.24, 2.45) is 7.05 Å². The summed E-state index contributed by atoms with van der Waals surface area (Å²) < 4.78 is 6.41. The zero-order chi connectivity index (χ0) is 16.2. The van der Waals surface area contributed by atoms with Crippen molar-refractivity contribution in [1.82, 2.24) is 14.8 Å². The second-order valence-electron chi connectivity index (χ2n) is 4.67. The summed E-state index contributed by atoms with van der Waals surface area (Å²) in [4.78, 5) is 28.0. The third kappa shape index (κ3) is 3.26. The van der Waals surface area contributed by atoms with Gasteiger partial charge in [0.05, 0.1) is 18.1 Å². The number of aromatic nitrogens is 3. The van der Waals surface area contributed by atoms with E-state index >= 15 is 0 Å². The molecule has 8 heteroatoms.